The first-order valence-electron chi connectivity index (χ1n) is 8.72. The lowest BCUT2D eigenvalue weighted by molar-refractivity contribution is 0.0858. The van der Waals surface area contributed by atoms with Gasteiger partial charge in [-0.3, -0.25) is 9.59 Å². The van der Waals surface area contributed by atoms with Gasteiger partial charge < -0.3 is 20.1 Å². The summed E-state index contributed by atoms with van der Waals surface area (Å²) in [7, 11) is 1.35. The maximum atomic E-state index is 13.8. The zero-order valence-corrected chi connectivity index (χ0v) is 15.0. The smallest absolute Gasteiger partial charge is 0.255 e. The minimum absolute atomic E-state index is 0.0259. The molecule has 1 fully saturated rings. The first-order valence-corrected chi connectivity index (χ1v) is 8.72. The second kappa shape index (κ2) is 8.64. The minimum atomic E-state index is -0.632. The van der Waals surface area contributed by atoms with E-state index in [1.807, 2.05) is 0 Å². The molecule has 2 N–H and O–H groups in total. The summed E-state index contributed by atoms with van der Waals surface area (Å²) in [6, 6.07) is 10.6. The third-order valence-corrected chi connectivity index (χ3v) is 4.35. The van der Waals surface area contributed by atoms with Gasteiger partial charge in [0.25, 0.3) is 11.8 Å². The normalized spacial score (nSPS) is 16.0. The predicted octanol–water partition coefficient (Wildman–Crippen LogP) is 3.00. The molecular weight excluding hydrogens is 351 g/mol. The van der Waals surface area contributed by atoms with E-state index in [4.69, 9.17) is 9.47 Å². The van der Waals surface area contributed by atoms with Crippen LogP contribution in [0.4, 0.5) is 10.1 Å². The van der Waals surface area contributed by atoms with Crippen molar-refractivity contribution in [2.45, 2.75) is 18.9 Å². The molecule has 1 saturated heterocycles. The largest absolute Gasteiger partial charge is 0.494 e. The molecule has 1 atom stereocenters. The monoisotopic (exact) mass is 372 g/mol. The Labute approximate surface area is 156 Å². The van der Waals surface area contributed by atoms with E-state index < -0.39 is 11.7 Å². The second-order valence-electron chi connectivity index (χ2n) is 6.19. The highest BCUT2D eigenvalue weighted by atomic mass is 19.1. The number of anilines is 1. The van der Waals surface area contributed by atoms with E-state index in [1.165, 1.54) is 19.2 Å². The number of methoxy groups -OCH3 is 1. The molecule has 0 aromatic heterocycles. The Morgan fingerprint density at radius 2 is 2.04 bits per heavy atom. The number of benzene rings is 2. The highest BCUT2D eigenvalue weighted by Gasteiger charge is 2.19. The molecule has 0 spiro atoms. The van der Waals surface area contributed by atoms with Crippen molar-refractivity contribution in [1.29, 1.82) is 0 Å². The summed E-state index contributed by atoms with van der Waals surface area (Å²) in [6.45, 7) is 1.14. The van der Waals surface area contributed by atoms with Gasteiger partial charge in [-0.05, 0) is 43.2 Å². The SMILES string of the molecule is COc1ccc(C(=O)Nc2ccccc2C(=O)NC[C@H]2CCCO2)cc1F. The summed E-state index contributed by atoms with van der Waals surface area (Å²) < 4.78 is 24.2. The fraction of sp³-hybridized carbons (Fsp3) is 0.300. The van der Waals surface area contributed by atoms with Gasteiger partial charge in [-0.2, -0.15) is 0 Å². The predicted molar refractivity (Wildman–Crippen MR) is 98.7 cm³/mol. The number of para-hydroxylation sites is 1. The van der Waals surface area contributed by atoms with Gasteiger partial charge in [-0.1, -0.05) is 12.1 Å². The molecule has 1 aliphatic heterocycles. The summed E-state index contributed by atoms with van der Waals surface area (Å²) in [6.07, 6.45) is 1.94. The fourth-order valence-corrected chi connectivity index (χ4v) is 2.90. The van der Waals surface area contributed by atoms with Crippen LogP contribution >= 0.6 is 0 Å². The summed E-state index contributed by atoms with van der Waals surface area (Å²) in [5, 5.41) is 5.49. The molecular formula is C20H21FN2O4. The van der Waals surface area contributed by atoms with Crippen LogP contribution in [0.5, 0.6) is 5.75 Å². The lowest BCUT2D eigenvalue weighted by Gasteiger charge is -2.14. The number of nitrogens with one attached hydrogen (secondary N) is 2. The Bertz CT molecular complexity index is 834. The molecule has 0 saturated carbocycles. The van der Waals surface area contributed by atoms with Gasteiger partial charge >= 0.3 is 0 Å². The third-order valence-electron chi connectivity index (χ3n) is 4.35. The molecule has 1 heterocycles. The maximum absolute atomic E-state index is 13.8. The van der Waals surface area contributed by atoms with Crippen molar-refractivity contribution in [1.82, 2.24) is 5.32 Å². The van der Waals surface area contributed by atoms with Gasteiger partial charge in [-0.25, -0.2) is 4.39 Å². The highest BCUT2D eigenvalue weighted by Crippen LogP contribution is 2.20. The Balaban J connectivity index is 1.70. The standard InChI is InChI=1S/C20H21FN2O4/c1-26-18-9-8-13(11-16(18)21)19(24)23-17-7-3-2-6-15(17)20(25)22-12-14-5-4-10-27-14/h2-3,6-9,11,14H,4-5,10,12H2,1H3,(H,22,25)(H,23,24)/t14-/m1/s1. The van der Waals surface area contributed by atoms with Gasteiger partial charge in [-0.15, -0.1) is 0 Å². The average Bonchev–Trinajstić information content (AvgIpc) is 3.20. The van der Waals surface area contributed by atoms with E-state index in [0.717, 1.165) is 18.9 Å². The average molecular weight is 372 g/mol. The molecule has 27 heavy (non-hydrogen) atoms. The molecule has 0 unspecified atom stereocenters. The Morgan fingerprint density at radius 1 is 1.22 bits per heavy atom. The number of amides is 2. The number of carbonyl (C=O) groups is 2. The molecule has 2 amide bonds. The van der Waals surface area contributed by atoms with Crippen LogP contribution in [0, 0.1) is 5.82 Å². The van der Waals surface area contributed by atoms with Crippen LogP contribution in [-0.2, 0) is 4.74 Å². The Hall–Kier alpha value is -2.93. The summed E-state index contributed by atoms with van der Waals surface area (Å²) in [5.74, 6) is -1.40. The van der Waals surface area contributed by atoms with E-state index in [2.05, 4.69) is 10.6 Å². The third kappa shape index (κ3) is 4.62. The topological polar surface area (TPSA) is 76.7 Å². The molecule has 3 rings (SSSR count). The number of rotatable bonds is 6. The van der Waals surface area contributed by atoms with Crippen LogP contribution in [0.2, 0.25) is 0 Å². The van der Waals surface area contributed by atoms with Gasteiger partial charge in [0.2, 0.25) is 0 Å². The number of hydrogen-bond donors (Lipinski definition) is 2. The summed E-state index contributed by atoms with van der Waals surface area (Å²) in [4.78, 5) is 24.9. The van der Waals surface area contributed by atoms with Gasteiger partial charge in [0.1, 0.15) is 0 Å². The van der Waals surface area contributed by atoms with Crippen LogP contribution in [-0.4, -0.2) is 38.2 Å². The van der Waals surface area contributed by atoms with Crippen molar-refractivity contribution in [3.63, 3.8) is 0 Å². The van der Waals surface area contributed by atoms with E-state index in [1.54, 1.807) is 24.3 Å². The van der Waals surface area contributed by atoms with Gasteiger partial charge in [0, 0.05) is 18.7 Å². The van der Waals surface area contributed by atoms with E-state index >= 15 is 0 Å². The molecule has 142 valence electrons. The molecule has 0 radical (unpaired) electrons. The minimum Gasteiger partial charge on any atom is -0.494 e. The Kier molecular flexibility index (Phi) is 6.03. The molecule has 0 bridgehead atoms. The fourth-order valence-electron chi connectivity index (χ4n) is 2.90. The maximum Gasteiger partial charge on any atom is 0.255 e. The number of halogens is 1. The summed E-state index contributed by atoms with van der Waals surface area (Å²) >= 11 is 0. The lowest BCUT2D eigenvalue weighted by atomic mass is 10.1. The molecule has 2 aromatic rings. The zero-order chi connectivity index (χ0) is 19.2. The van der Waals surface area contributed by atoms with Crippen molar-refractivity contribution >= 4 is 17.5 Å². The van der Waals surface area contributed by atoms with E-state index in [9.17, 15) is 14.0 Å². The first kappa shape index (κ1) is 18.8. The summed E-state index contributed by atoms with van der Waals surface area (Å²) in [5.41, 5.74) is 0.810. The quantitative estimate of drug-likeness (QED) is 0.817. The first-order chi connectivity index (χ1) is 13.1. The van der Waals surface area contributed by atoms with Crippen LogP contribution in [0.15, 0.2) is 42.5 Å². The molecule has 0 aliphatic carbocycles. The highest BCUT2D eigenvalue weighted by molar-refractivity contribution is 6.09. The van der Waals surface area contributed by atoms with Crippen LogP contribution < -0.4 is 15.4 Å². The number of carbonyl (C=O) groups excluding carboxylic acids is 2. The number of ether oxygens (including phenoxy) is 2. The number of hydrogen-bond acceptors (Lipinski definition) is 4. The van der Waals surface area contributed by atoms with Crippen molar-refractivity contribution in [3.05, 3.63) is 59.4 Å². The van der Waals surface area contributed by atoms with Gasteiger partial charge in [0.15, 0.2) is 11.6 Å². The van der Waals surface area contributed by atoms with Crippen LogP contribution in [0.25, 0.3) is 0 Å². The van der Waals surface area contributed by atoms with Crippen molar-refractivity contribution in [2.75, 3.05) is 25.6 Å². The second-order valence-corrected chi connectivity index (χ2v) is 6.19. The molecule has 7 heteroatoms. The molecule has 2 aromatic carbocycles. The lowest BCUT2D eigenvalue weighted by Crippen LogP contribution is -2.32. The van der Waals surface area contributed by atoms with E-state index in [0.29, 0.717) is 24.4 Å². The molecule has 6 nitrogen and oxygen atoms in total. The van der Waals surface area contributed by atoms with Crippen LogP contribution in [0.1, 0.15) is 33.6 Å². The Morgan fingerprint density at radius 3 is 2.74 bits per heavy atom. The van der Waals surface area contributed by atoms with E-state index in [-0.39, 0.29) is 23.3 Å². The zero-order valence-electron chi connectivity index (χ0n) is 15.0. The van der Waals surface area contributed by atoms with Crippen molar-refractivity contribution in [3.8, 4) is 5.75 Å². The van der Waals surface area contributed by atoms with Crippen LogP contribution in [0.3, 0.4) is 0 Å². The molecule has 1 aliphatic rings. The van der Waals surface area contributed by atoms with Crippen molar-refractivity contribution < 1.29 is 23.5 Å². The van der Waals surface area contributed by atoms with Crippen molar-refractivity contribution in [2.24, 2.45) is 0 Å². The van der Waals surface area contributed by atoms with Gasteiger partial charge in [0.05, 0.1) is 24.5 Å².